The number of nitrogens with one attached hydrogen (secondary N) is 1. The van der Waals surface area contributed by atoms with Gasteiger partial charge in [0, 0.05) is 32.2 Å². The molecule has 1 N–H and O–H groups in total. The lowest BCUT2D eigenvalue weighted by atomic mass is 9.90. The maximum Gasteiger partial charge on any atom is 0.137 e. The highest BCUT2D eigenvalue weighted by Gasteiger charge is 2.28. The van der Waals surface area contributed by atoms with E-state index in [1.165, 1.54) is 5.56 Å². The van der Waals surface area contributed by atoms with Gasteiger partial charge in [0.25, 0.3) is 0 Å². The zero-order chi connectivity index (χ0) is 16.1. The van der Waals surface area contributed by atoms with Gasteiger partial charge in [-0.25, -0.2) is 0 Å². The van der Waals surface area contributed by atoms with Crippen LogP contribution < -0.4 is 14.8 Å². The molecule has 0 aromatic heterocycles. The zero-order valence-corrected chi connectivity index (χ0v) is 18.0. The van der Waals surface area contributed by atoms with Crippen molar-refractivity contribution in [3.63, 3.8) is 0 Å². The van der Waals surface area contributed by atoms with E-state index >= 15 is 0 Å². The van der Waals surface area contributed by atoms with Crippen molar-refractivity contribution in [1.29, 1.82) is 0 Å². The number of ether oxygens (including phenoxy) is 2. The van der Waals surface area contributed by atoms with Crippen LogP contribution in [0.1, 0.15) is 31.9 Å². The van der Waals surface area contributed by atoms with Crippen molar-refractivity contribution in [2.75, 3.05) is 40.4 Å². The fourth-order valence-corrected chi connectivity index (χ4v) is 3.70. The average molecular weight is 444 g/mol. The smallest absolute Gasteiger partial charge is 0.137 e. The highest BCUT2D eigenvalue weighted by atomic mass is 79.9. The Morgan fingerprint density at radius 1 is 1.12 bits per heavy atom. The first-order valence-electron chi connectivity index (χ1n) is 7.98. The van der Waals surface area contributed by atoms with Crippen molar-refractivity contribution >= 4 is 40.7 Å². The molecule has 1 unspecified atom stereocenters. The van der Waals surface area contributed by atoms with E-state index < -0.39 is 0 Å². The molecule has 0 spiro atoms. The fourth-order valence-electron chi connectivity index (χ4n) is 3.14. The second kappa shape index (κ2) is 11.4. The van der Waals surface area contributed by atoms with Gasteiger partial charge in [-0.15, -0.1) is 24.8 Å². The highest BCUT2D eigenvalue weighted by molar-refractivity contribution is 9.10. The number of rotatable bonds is 6. The maximum absolute atomic E-state index is 5.52. The van der Waals surface area contributed by atoms with E-state index in [-0.39, 0.29) is 24.8 Å². The second-order valence-corrected chi connectivity index (χ2v) is 6.65. The van der Waals surface area contributed by atoms with Gasteiger partial charge in [-0.2, -0.15) is 0 Å². The van der Waals surface area contributed by atoms with Crippen molar-refractivity contribution in [3.8, 4) is 11.5 Å². The average Bonchev–Trinajstić information content (AvgIpc) is 2.56. The van der Waals surface area contributed by atoms with Gasteiger partial charge in [-0.05, 0) is 39.5 Å². The molecule has 0 amide bonds. The van der Waals surface area contributed by atoms with Crippen LogP contribution in [0.2, 0.25) is 0 Å². The SMILES string of the molecule is CCC(C)[C@@H](c1cc(OC)c(Br)c(OC)c1)N1CCNCC1.Cl.Cl. The van der Waals surface area contributed by atoms with Crippen LogP contribution in [0.15, 0.2) is 16.6 Å². The Balaban J connectivity index is 0.00000264. The van der Waals surface area contributed by atoms with Gasteiger partial charge in [-0.1, -0.05) is 20.3 Å². The summed E-state index contributed by atoms with van der Waals surface area (Å²) in [4.78, 5) is 2.58. The minimum atomic E-state index is 0. The predicted molar refractivity (Wildman–Crippen MR) is 108 cm³/mol. The molecule has 1 aromatic rings. The van der Waals surface area contributed by atoms with Crippen molar-refractivity contribution in [2.24, 2.45) is 5.92 Å². The summed E-state index contributed by atoms with van der Waals surface area (Å²) in [6.07, 6.45) is 1.15. The van der Waals surface area contributed by atoms with E-state index in [2.05, 4.69) is 52.1 Å². The predicted octanol–water partition coefficient (Wildman–Crippen LogP) is 4.30. The molecule has 24 heavy (non-hydrogen) atoms. The van der Waals surface area contributed by atoms with Crippen LogP contribution >= 0.6 is 40.7 Å². The van der Waals surface area contributed by atoms with Gasteiger partial charge in [0.05, 0.1) is 14.2 Å². The molecule has 0 saturated carbocycles. The molecule has 1 saturated heterocycles. The Bertz CT molecular complexity index is 474. The van der Waals surface area contributed by atoms with Crippen molar-refractivity contribution in [3.05, 3.63) is 22.2 Å². The summed E-state index contributed by atoms with van der Waals surface area (Å²) in [7, 11) is 3.40. The zero-order valence-electron chi connectivity index (χ0n) is 14.8. The molecule has 1 fully saturated rings. The summed E-state index contributed by atoms with van der Waals surface area (Å²) in [5.41, 5.74) is 1.27. The molecule has 1 heterocycles. The lowest BCUT2D eigenvalue weighted by Crippen LogP contribution is -2.46. The number of halogens is 3. The molecule has 1 aliphatic heterocycles. The topological polar surface area (TPSA) is 33.7 Å². The highest BCUT2D eigenvalue weighted by Crippen LogP contribution is 2.40. The van der Waals surface area contributed by atoms with Gasteiger partial charge in [0.15, 0.2) is 0 Å². The van der Waals surface area contributed by atoms with E-state index in [9.17, 15) is 0 Å². The molecular formula is C17H29BrCl2N2O2. The molecule has 0 bridgehead atoms. The van der Waals surface area contributed by atoms with Crippen LogP contribution in [0, 0.1) is 5.92 Å². The molecule has 2 atom stereocenters. The molecule has 0 radical (unpaired) electrons. The van der Waals surface area contributed by atoms with E-state index in [1.54, 1.807) is 14.2 Å². The molecule has 7 heteroatoms. The van der Waals surface area contributed by atoms with Crippen LogP contribution in [0.5, 0.6) is 11.5 Å². The van der Waals surface area contributed by atoms with Crippen LogP contribution in [0.4, 0.5) is 0 Å². The molecule has 140 valence electrons. The Labute approximate surface area is 166 Å². The van der Waals surface area contributed by atoms with E-state index in [4.69, 9.17) is 9.47 Å². The summed E-state index contributed by atoms with van der Waals surface area (Å²) < 4.78 is 11.9. The Kier molecular flexibility index (Phi) is 11.3. The molecule has 1 aromatic carbocycles. The number of piperazine rings is 1. The second-order valence-electron chi connectivity index (χ2n) is 5.86. The van der Waals surface area contributed by atoms with Crippen LogP contribution in [-0.4, -0.2) is 45.3 Å². The first-order chi connectivity index (χ1) is 10.6. The molecular weight excluding hydrogens is 415 g/mol. The van der Waals surface area contributed by atoms with E-state index in [0.29, 0.717) is 12.0 Å². The first-order valence-corrected chi connectivity index (χ1v) is 8.77. The Morgan fingerprint density at radius 2 is 1.62 bits per heavy atom. The minimum absolute atomic E-state index is 0. The molecule has 4 nitrogen and oxygen atoms in total. The Hall–Kier alpha value is -0.200. The number of benzene rings is 1. The summed E-state index contributed by atoms with van der Waals surface area (Å²) in [5, 5.41) is 3.43. The minimum Gasteiger partial charge on any atom is -0.495 e. The summed E-state index contributed by atoms with van der Waals surface area (Å²) in [6.45, 7) is 8.85. The van der Waals surface area contributed by atoms with E-state index in [0.717, 1.165) is 48.6 Å². The summed E-state index contributed by atoms with van der Waals surface area (Å²) >= 11 is 3.56. The van der Waals surface area contributed by atoms with Gasteiger partial charge < -0.3 is 14.8 Å². The van der Waals surface area contributed by atoms with E-state index in [1.807, 2.05) is 0 Å². The number of methoxy groups -OCH3 is 2. The van der Waals surface area contributed by atoms with Crippen LogP contribution in [-0.2, 0) is 0 Å². The largest absolute Gasteiger partial charge is 0.495 e. The van der Waals surface area contributed by atoms with Gasteiger partial charge >= 0.3 is 0 Å². The molecule has 0 aliphatic carbocycles. The lowest BCUT2D eigenvalue weighted by Gasteiger charge is -2.38. The lowest BCUT2D eigenvalue weighted by molar-refractivity contribution is 0.128. The number of hydrogen-bond donors (Lipinski definition) is 1. The van der Waals surface area contributed by atoms with Crippen LogP contribution in [0.3, 0.4) is 0 Å². The quantitative estimate of drug-likeness (QED) is 0.710. The summed E-state index contributed by atoms with van der Waals surface area (Å²) in [5.74, 6) is 2.24. The molecule has 1 aliphatic rings. The first kappa shape index (κ1) is 23.8. The van der Waals surface area contributed by atoms with Crippen molar-refractivity contribution in [1.82, 2.24) is 10.2 Å². The standard InChI is InChI=1S/C17H27BrN2O2.2ClH/c1-5-12(2)17(20-8-6-19-7-9-20)13-10-14(21-3)16(18)15(11-13)22-4;;/h10-12,17,19H,5-9H2,1-4H3;2*1H/t12?,17-;;/m0../s1. The fraction of sp³-hybridized carbons (Fsp3) is 0.647. The summed E-state index contributed by atoms with van der Waals surface area (Å²) in [6, 6.07) is 4.68. The van der Waals surface area contributed by atoms with Crippen molar-refractivity contribution < 1.29 is 9.47 Å². The Morgan fingerprint density at radius 3 is 2.04 bits per heavy atom. The normalized spacial score (nSPS) is 17.2. The maximum atomic E-state index is 5.52. The third-order valence-electron chi connectivity index (χ3n) is 4.54. The van der Waals surface area contributed by atoms with Gasteiger partial charge in [0.2, 0.25) is 0 Å². The monoisotopic (exact) mass is 442 g/mol. The number of nitrogens with zero attached hydrogens (tertiary/aromatic N) is 1. The third-order valence-corrected chi connectivity index (χ3v) is 5.32. The van der Waals surface area contributed by atoms with Gasteiger partial charge in [-0.3, -0.25) is 4.90 Å². The van der Waals surface area contributed by atoms with Crippen LogP contribution in [0.25, 0.3) is 0 Å². The number of hydrogen-bond acceptors (Lipinski definition) is 4. The van der Waals surface area contributed by atoms with Gasteiger partial charge in [0.1, 0.15) is 16.0 Å². The molecule has 2 rings (SSSR count). The third kappa shape index (κ3) is 5.40. The van der Waals surface area contributed by atoms with Crippen molar-refractivity contribution in [2.45, 2.75) is 26.3 Å².